The fraction of sp³-hybridized carbons (Fsp3) is 0.150. The molecular weight excluding hydrogens is 408 g/mol. The van der Waals surface area contributed by atoms with Crippen molar-refractivity contribution in [3.8, 4) is 11.8 Å². The SMILES string of the molecule is N#Cc1ccc(OCCNC(C(N)=O)c2nccc3c(S(=O)(=O)O)cccc23)cc1. The van der Waals surface area contributed by atoms with Gasteiger partial charge in [0, 0.05) is 23.5 Å². The Morgan fingerprint density at radius 1 is 1.20 bits per heavy atom. The van der Waals surface area contributed by atoms with Gasteiger partial charge in [0.25, 0.3) is 10.1 Å². The Hall–Kier alpha value is -3.52. The quantitative estimate of drug-likeness (QED) is 0.362. The van der Waals surface area contributed by atoms with Crippen molar-refractivity contribution in [3.63, 3.8) is 0 Å². The van der Waals surface area contributed by atoms with Gasteiger partial charge in [-0.25, -0.2) is 0 Å². The highest BCUT2D eigenvalue weighted by Gasteiger charge is 2.23. The van der Waals surface area contributed by atoms with Crippen LogP contribution < -0.4 is 15.8 Å². The number of hydrogen-bond donors (Lipinski definition) is 3. The summed E-state index contributed by atoms with van der Waals surface area (Å²) in [6.45, 7) is 0.445. The molecule has 0 radical (unpaired) electrons. The molecular formula is C20H18N4O5S. The number of ether oxygens (including phenoxy) is 1. The zero-order valence-corrected chi connectivity index (χ0v) is 16.5. The molecule has 10 heteroatoms. The molecule has 0 aliphatic heterocycles. The van der Waals surface area contributed by atoms with Gasteiger partial charge in [-0.2, -0.15) is 13.7 Å². The lowest BCUT2D eigenvalue weighted by Gasteiger charge is -2.17. The Labute approximate surface area is 172 Å². The molecule has 1 atom stereocenters. The summed E-state index contributed by atoms with van der Waals surface area (Å²) in [6.07, 6.45) is 1.34. The first-order valence-corrected chi connectivity index (χ1v) is 10.3. The highest BCUT2D eigenvalue weighted by Crippen LogP contribution is 2.27. The smallest absolute Gasteiger partial charge is 0.295 e. The monoisotopic (exact) mass is 426 g/mol. The number of nitrogens with zero attached hydrogens (tertiary/aromatic N) is 2. The molecule has 0 saturated carbocycles. The second-order valence-electron chi connectivity index (χ2n) is 6.30. The van der Waals surface area contributed by atoms with E-state index in [-0.39, 0.29) is 29.1 Å². The van der Waals surface area contributed by atoms with Crippen LogP contribution in [0.4, 0.5) is 0 Å². The molecule has 0 aliphatic carbocycles. The number of benzene rings is 2. The van der Waals surface area contributed by atoms with E-state index in [1.807, 2.05) is 6.07 Å². The predicted octanol–water partition coefficient (Wildman–Crippen LogP) is 1.55. The van der Waals surface area contributed by atoms with E-state index >= 15 is 0 Å². The van der Waals surface area contributed by atoms with Gasteiger partial charge in [-0.15, -0.1) is 0 Å². The Morgan fingerprint density at radius 3 is 2.57 bits per heavy atom. The summed E-state index contributed by atoms with van der Waals surface area (Å²) in [7, 11) is -4.45. The van der Waals surface area contributed by atoms with Gasteiger partial charge in [0.05, 0.1) is 17.3 Å². The summed E-state index contributed by atoms with van der Waals surface area (Å²) in [6, 6.07) is 13.3. The predicted molar refractivity (Wildman–Crippen MR) is 108 cm³/mol. The molecule has 1 heterocycles. The number of carbonyl (C=O) groups excluding carboxylic acids is 1. The van der Waals surface area contributed by atoms with Crippen molar-refractivity contribution in [2.75, 3.05) is 13.2 Å². The number of nitriles is 1. The van der Waals surface area contributed by atoms with Crippen LogP contribution in [-0.2, 0) is 14.9 Å². The second-order valence-corrected chi connectivity index (χ2v) is 7.69. The van der Waals surface area contributed by atoms with Crippen LogP contribution in [0, 0.1) is 11.3 Å². The Kier molecular flexibility index (Phi) is 6.27. The second kappa shape index (κ2) is 8.87. The van der Waals surface area contributed by atoms with Crippen LogP contribution in [0.5, 0.6) is 5.75 Å². The Balaban J connectivity index is 1.79. The normalized spacial score (nSPS) is 12.3. The number of nitrogens with two attached hydrogens (primary N) is 1. The molecule has 0 fully saturated rings. The molecule has 154 valence electrons. The van der Waals surface area contributed by atoms with E-state index in [9.17, 15) is 17.8 Å². The standard InChI is InChI=1S/C20H18N4O5S/c21-12-13-4-6-14(7-5-13)29-11-10-24-19(20(22)25)18-16-2-1-3-17(30(26,27)28)15(16)8-9-23-18/h1-9,19,24H,10-11H2,(H2,22,25)(H,26,27,28). The first-order chi connectivity index (χ1) is 14.3. The molecule has 4 N–H and O–H groups in total. The van der Waals surface area contributed by atoms with Gasteiger partial charge >= 0.3 is 0 Å². The lowest BCUT2D eigenvalue weighted by Crippen LogP contribution is -2.36. The van der Waals surface area contributed by atoms with Gasteiger partial charge in [-0.3, -0.25) is 19.6 Å². The van der Waals surface area contributed by atoms with E-state index in [0.717, 1.165) is 0 Å². The maximum absolute atomic E-state index is 12.0. The van der Waals surface area contributed by atoms with Crippen molar-refractivity contribution in [1.82, 2.24) is 10.3 Å². The van der Waals surface area contributed by atoms with Crippen molar-refractivity contribution in [2.24, 2.45) is 5.73 Å². The first kappa shape index (κ1) is 21.2. The highest BCUT2D eigenvalue weighted by atomic mass is 32.2. The van der Waals surface area contributed by atoms with E-state index < -0.39 is 22.1 Å². The minimum absolute atomic E-state index is 0.205. The van der Waals surface area contributed by atoms with E-state index in [1.165, 1.54) is 24.4 Å². The fourth-order valence-electron chi connectivity index (χ4n) is 2.99. The fourth-order valence-corrected chi connectivity index (χ4v) is 3.69. The first-order valence-electron chi connectivity index (χ1n) is 8.82. The summed E-state index contributed by atoms with van der Waals surface area (Å²) in [5.41, 5.74) is 6.28. The van der Waals surface area contributed by atoms with E-state index in [0.29, 0.717) is 16.7 Å². The third-order valence-electron chi connectivity index (χ3n) is 4.34. The van der Waals surface area contributed by atoms with Gasteiger partial charge in [-0.05, 0) is 36.4 Å². The average Bonchev–Trinajstić information content (AvgIpc) is 2.72. The topological polar surface area (TPSA) is 155 Å². The maximum Gasteiger partial charge on any atom is 0.295 e. The van der Waals surface area contributed by atoms with E-state index in [4.69, 9.17) is 15.7 Å². The number of hydrogen-bond acceptors (Lipinski definition) is 7. The summed E-state index contributed by atoms with van der Waals surface area (Å²) in [4.78, 5) is 16.0. The van der Waals surface area contributed by atoms with Gasteiger partial charge in [-0.1, -0.05) is 12.1 Å². The number of carbonyl (C=O) groups is 1. The van der Waals surface area contributed by atoms with Crippen LogP contribution in [0.25, 0.3) is 10.8 Å². The van der Waals surface area contributed by atoms with Gasteiger partial charge < -0.3 is 10.5 Å². The number of nitrogens with one attached hydrogen (secondary N) is 1. The molecule has 1 unspecified atom stereocenters. The van der Waals surface area contributed by atoms with E-state index in [1.54, 1.807) is 30.3 Å². The highest BCUT2D eigenvalue weighted by molar-refractivity contribution is 7.86. The van der Waals surface area contributed by atoms with Crippen molar-refractivity contribution in [1.29, 1.82) is 5.26 Å². The minimum atomic E-state index is -4.45. The zero-order chi connectivity index (χ0) is 21.7. The van der Waals surface area contributed by atoms with Gasteiger partial charge in [0.15, 0.2) is 0 Å². The molecule has 1 amide bonds. The number of primary amides is 1. The van der Waals surface area contributed by atoms with E-state index in [2.05, 4.69) is 10.3 Å². The average molecular weight is 426 g/mol. The van der Waals surface area contributed by atoms with Crippen molar-refractivity contribution >= 4 is 26.8 Å². The molecule has 0 saturated heterocycles. The lowest BCUT2D eigenvalue weighted by atomic mass is 10.0. The van der Waals surface area contributed by atoms with Crippen molar-refractivity contribution in [3.05, 3.63) is 66.0 Å². The van der Waals surface area contributed by atoms with Crippen LogP contribution in [0.2, 0.25) is 0 Å². The summed E-state index contributed by atoms with van der Waals surface area (Å²) < 4.78 is 38.3. The number of aromatic nitrogens is 1. The van der Waals surface area contributed by atoms with Gasteiger partial charge in [0.2, 0.25) is 5.91 Å². The Bertz CT molecular complexity index is 1220. The molecule has 0 spiro atoms. The van der Waals surface area contributed by atoms with Crippen LogP contribution in [-0.4, -0.2) is 37.0 Å². The molecule has 0 bridgehead atoms. The zero-order valence-electron chi connectivity index (χ0n) is 15.6. The number of fused-ring (bicyclic) bond motifs is 1. The van der Waals surface area contributed by atoms with Crippen LogP contribution in [0.1, 0.15) is 17.3 Å². The van der Waals surface area contributed by atoms with Crippen molar-refractivity contribution < 1.29 is 22.5 Å². The lowest BCUT2D eigenvalue weighted by molar-refractivity contribution is -0.120. The third-order valence-corrected chi connectivity index (χ3v) is 5.25. The van der Waals surface area contributed by atoms with Crippen LogP contribution in [0.3, 0.4) is 0 Å². The Morgan fingerprint density at radius 2 is 1.93 bits per heavy atom. The maximum atomic E-state index is 12.0. The number of rotatable bonds is 8. The summed E-state index contributed by atoms with van der Waals surface area (Å²) in [5.74, 6) is -0.141. The summed E-state index contributed by atoms with van der Waals surface area (Å²) >= 11 is 0. The number of amides is 1. The van der Waals surface area contributed by atoms with Crippen molar-refractivity contribution in [2.45, 2.75) is 10.9 Å². The molecule has 1 aromatic heterocycles. The molecule has 2 aromatic carbocycles. The van der Waals surface area contributed by atoms with Crippen LogP contribution in [0.15, 0.2) is 59.6 Å². The van der Waals surface area contributed by atoms with Gasteiger partial charge in [0.1, 0.15) is 23.3 Å². The molecule has 0 aliphatic rings. The molecule has 9 nitrogen and oxygen atoms in total. The minimum Gasteiger partial charge on any atom is -0.492 e. The largest absolute Gasteiger partial charge is 0.492 e. The number of pyridine rings is 1. The summed E-state index contributed by atoms with van der Waals surface area (Å²) in [5, 5.41) is 12.4. The molecule has 30 heavy (non-hydrogen) atoms. The molecule has 3 aromatic rings. The van der Waals surface area contributed by atoms with Crippen LogP contribution >= 0.6 is 0 Å². The third kappa shape index (κ3) is 4.72. The molecule has 3 rings (SSSR count).